The van der Waals surface area contributed by atoms with Crippen LogP contribution in [-0.4, -0.2) is 45.4 Å². The maximum absolute atomic E-state index is 11.8. The first kappa shape index (κ1) is 16.4. The lowest BCUT2D eigenvalue weighted by atomic mass is 9.85. The van der Waals surface area contributed by atoms with Crippen molar-refractivity contribution in [3.63, 3.8) is 0 Å². The van der Waals surface area contributed by atoms with Crippen molar-refractivity contribution < 1.29 is 14.3 Å². The molecule has 5 nitrogen and oxygen atoms in total. The standard InChI is InChI=1S/C14H28N2O3/c1-18-9-10-19-8-7-16-14(17)13(15)11-12-5-3-2-4-6-12/h12-13H,2-11,15H2,1H3,(H,16,17). The minimum Gasteiger partial charge on any atom is -0.382 e. The second-order valence-corrected chi connectivity index (χ2v) is 5.24. The van der Waals surface area contributed by atoms with Crippen LogP contribution >= 0.6 is 0 Å². The van der Waals surface area contributed by atoms with E-state index in [2.05, 4.69) is 5.32 Å². The summed E-state index contributed by atoms with van der Waals surface area (Å²) in [5, 5.41) is 2.82. The zero-order valence-corrected chi connectivity index (χ0v) is 12.0. The maximum atomic E-state index is 11.8. The van der Waals surface area contributed by atoms with Gasteiger partial charge in [-0.1, -0.05) is 32.1 Å². The van der Waals surface area contributed by atoms with E-state index >= 15 is 0 Å². The van der Waals surface area contributed by atoms with Gasteiger partial charge in [-0.15, -0.1) is 0 Å². The van der Waals surface area contributed by atoms with Crippen LogP contribution in [0.25, 0.3) is 0 Å². The van der Waals surface area contributed by atoms with E-state index in [9.17, 15) is 4.79 Å². The monoisotopic (exact) mass is 272 g/mol. The van der Waals surface area contributed by atoms with E-state index in [0.29, 0.717) is 32.3 Å². The fraction of sp³-hybridized carbons (Fsp3) is 0.929. The number of ether oxygens (including phenoxy) is 2. The third kappa shape index (κ3) is 7.50. The minimum absolute atomic E-state index is 0.0547. The van der Waals surface area contributed by atoms with E-state index in [1.807, 2.05) is 0 Å². The van der Waals surface area contributed by atoms with Crippen LogP contribution < -0.4 is 11.1 Å². The smallest absolute Gasteiger partial charge is 0.237 e. The second-order valence-electron chi connectivity index (χ2n) is 5.24. The quantitative estimate of drug-likeness (QED) is 0.616. The number of nitrogens with one attached hydrogen (secondary N) is 1. The number of amides is 1. The SMILES string of the molecule is COCCOCCNC(=O)C(N)CC1CCCCC1. The molecule has 0 radical (unpaired) electrons. The molecular weight excluding hydrogens is 244 g/mol. The summed E-state index contributed by atoms with van der Waals surface area (Å²) in [6.45, 7) is 2.15. The maximum Gasteiger partial charge on any atom is 0.237 e. The Morgan fingerprint density at radius 2 is 2.00 bits per heavy atom. The van der Waals surface area contributed by atoms with Crippen molar-refractivity contribution >= 4 is 5.91 Å². The van der Waals surface area contributed by atoms with Gasteiger partial charge in [0.1, 0.15) is 0 Å². The molecule has 0 heterocycles. The van der Waals surface area contributed by atoms with Gasteiger partial charge in [-0.25, -0.2) is 0 Å². The largest absolute Gasteiger partial charge is 0.382 e. The van der Waals surface area contributed by atoms with Crippen LogP contribution in [0.2, 0.25) is 0 Å². The summed E-state index contributed by atoms with van der Waals surface area (Å²) in [6.07, 6.45) is 7.16. The summed E-state index contributed by atoms with van der Waals surface area (Å²) >= 11 is 0. The molecule has 0 aromatic rings. The Labute approximate surface area is 116 Å². The number of carbonyl (C=O) groups is 1. The molecule has 3 N–H and O–H groups in total. The van der Waals surface area contributed by atoms with Crippen LogP contribution in [0.4, 0.5) is 0 Å². The third-order valence-corrected chi connectivity index (χ3v) is 3.63. The Morgan fingerprint density at radius 3 is 2.68 bits per heavy atom. The first-order valence-corrected chi connectivity index (χ1v) is 7.34. The molecule has 0 aliphatic heterocycles. The number of hydrogen-bond acceptors (Lipinski definition) is 4. The van der Waals surface area contributed by atoms with E-state index < -0.39 is 0 Å². The minimum atomic E-state index is -0.373. The van der Waals surface area contributed by atoms with Crippen molar-refractivity contribution in [2.75, 3.05) is 33.5 Å². The normalized spacial score (nSPS) is 18.2. The third-order valence-electron chi connectivity index (χ3n) is 3.63. The Morgan fingerprint density at radius 1 is 1.26 bits per heavy atom. The van der Waals surface area contributed by atoms with Crippen LogP contribution in [0.1, 0.15) is 38.5 Å². The molecule has 112 valence electrons. The topological polar surface area (TPSA) is 73.6 Å². The van der Waals surface area contributed by atoms with Crippen molar-refractivity contribution in [2.45, 2.75) is 44.6 Å². The molecule has 5 heteroatoms. The lowest BCUT2D eigenvalue weighted by Crippen LogP contribution is -2.43. The highest BCUT2D eigenvalue weighted by Gasteiger charge is 2.20. The highest BCUT2D eigenvalue weighted by molar-refractivity contribution is 5.81. The summed E-state index contributed by atoms with van der Waals surface area (Å²) in [6, 6.07) is -0.373. The summed E-state index contributed by atoms with van der Waals surface area (Å²) in [4.78, 5) is 11.8. The molecule has 1 aliphatic carbocycles. The van der Waals surface area contributed by atoms with Gasteiger partial charge in [-0.2, -0.15) is 0 Å². The van der Waals surface area contributed by atoms with Gasteiger partial charge in [0.05, 0.1) is 25.9 Å². The average Bonchev–Trinajstić information content (AvgIpc) is 2.43. The number of hydrogen-bond donors (Lipinski definition) is 2. The predicted molar refractivity (Wildman–Crippen MR) is 74.9 cm³/mol. The lowest BCUT2D eigenvalue weighted by Gasteiger charge is -2.24. The summed E-state index contributed by atoms with van der Waals surface area (Å²) < 4.78 is 10.1. The van der Waals surface area contributed by atoms with Gasteiger partial charge in [0.2, 0.25) is 5.91 Å². The Bertz CT molecular complexity index is 243. The van der Waals surface area contributed by atoms with Crippen LogP contribution in [0.3, 0.4) is 0 Å². The van der Waals surface area contributed by atoms with Gasteiger partial charge in [0, 0.05) is 13.7 Å². The number of nitrogens with two attached hydrogens (primary N) is 1. The van der Waals surface area contributed by atoms with E-state index in [1.54, 1.807) is 7.11 Å². The highest BCUT2D eigenvalue weighted by atomic mass is 16.5. The van der Waals surface area contributed by atoms with Crippen molar-refractivity contribution in [1.29, 1.82) is 0 Å². The molecule has 1 atom stereocenters. The lowest BCUT2D eigenvalue weighted by molar-refractivity contribution is -0.123. The van der Waals surface area contributed by atoms with Gasteiger partial charge in [-0.05, 0) is 12.3 Å². The molecule has 0 saturated heterocycles. The van der Waals surface area contributed by atoms with E-state index in [-0.39, 0.29) is 11.9 Å². The van der Waals surface area contributed by atoms with Crippen molar-refractivity contribution in [3.8, 4) is 0 Å². The summed E-state index contributed by atoms with van der Waals surface area (Å²) in [5.74, 6) is 0.577. The molecule has 0 spiro atoms. The average molecular weight is 272 g/mol. The van der Waals surface area contributed by atoms with Crippen LogP contribution in [0.15, 0.2) is 0 Å². The molecule has 1 saturated carbocycles. The highest BCUT2D eigenvalue weighted by Crippen LogP contribution is 2.26. The van der Waals surface area contributed by atoms with Gasteiger partial charge in [0.25, 0.3) is 0 Å². The fourth-order valence-electron chi connectivity index (χ4n) is 2.51. The zero-order chi connectivity index (χ0) is 13.9. The van der Waals surface area contributed by atoms with Crippen molar-refractivity contribution in [3.05, 3.63) is 0 Å². The van der Waals surface area contributed by atoms with Gasteiger partial charge in [0.15, 0.2) is 0 Å². The first-order valence-electron chi connectivity index (χ1n) is 7.34. The number of carbonyl (C=O) groups excluding carboxylic acids is 1. The molecular formula is C14H28N2O3. The van der Waals surface area contributed by atoms with E-state index in [0.717, 1.165) is 6.42 Å². The Hall–Kier alpha value is -0.650. The molecule has 1 fully saturated rings. The molecule has 0 bridgehead atoms. The van der Waals surface area contributed by atoms with Crippen LogP contribution in [-0.2, 0) is 14.3 Å². The van der Waals surface area contributed by atoms with Gasteiger partial charge >= 0.3 is 0 Å². The van der Waals surface area contributed by atoms with E-state index in [1.165, 1.54) is 32.1 Å². The van der Waals surface area contributed by atoms with E-state index in [4.69, 9.17) is 15.2 Å². The second kappa shape index (κ2) is 10.2. The van der Waals surface area contributed by atoms with Crippen molar-refractivity contribution in [2.24, 2.45) is 11.7 Å². The van der Waals surface area contributed by atoms with Gasteiger partial charge < -0.3 is 20.5 Å². The molecule has 0 aromatic carbocycles. The van der Waals surface area contributed by atoms with Crippen molar-refractivity contribution in [1.82, 2.24) is 5.32 Å². The van der Waals surface area contributed by atoms with Crippen LogP contribution in [0, 0.1) is 5.92 Å². The number of methoxy groups -OCH3 is 1. The molecule has 0 aromatic heterocycles. The molecule has 1 rings (SSSR count). The van der Waals surface area contributed by atoms with Gasteiger partial charge in [-0.3, -0.25) is 4.79 Å². The summed E-state index contributed by atoms with van der Waals surface area (Å²) in [7, 11) is 1.63. The predicted octanol–water partition coefficient (Wildman–Crippen LogP) is 1.06. The molecule has 1 amide bonds. The molecule has 19 heavy (non-hydrogen) atoms. The Kier molecular flexibility index (Phi) is 8.79. The first-order chi connectivity index (χ1) is 9.24. The zero-order valence-electron chi connectivity index (χ0n) is 12.0. The molecule has 1 aliphatic rings. The summed E-state index contributed by atoms with van der Waals surface area (Å²) in [5.41, 5.74) is 5.94. The van der Waals surface area contributed by atoms with Crippen LogP contribution in [0.5, 0.6) is 0 Å². The fourth-order valence-corrected chi connectivity index (χ4v) is 2.51. The Balaban J connectivity index is 2.04. The molecule has 1 unspecified atom stereocenters. The number of rotatable bonds is 9.